The lowest BCUT2D eigenvalue weighted by Crippen LogP contribution is -2.08. The number of nitrogens with one attached hydrogen (secondary N) is 1. The van der Waals surface area contributed by atoms with Gasteiger partial charge in [-0.3, -0.25) is 0 Å². The van der Waals surface area contributed by atoms with Crippen LogP contribution in [0.4, 0.5) is 15.8 Å². The van der Waals surface area contributed by atoms with Crippen LogP contribution in [0, 0.1) is 12.7 Å². The van der Waals surface area contributed by atoms with Crippen LogP contribution in [0.3, 0.4) is 0 Å². The number of ether oxygens (including phenoxy) is 1. The molecular weight excluding hydrogens is 267 g/mol. The predicted molar refractivity (Wildman–Crippen MR) is 85.4 cm³/mol. The predicted octanol–water partition coefficient (Wildman–Crippen LogP) is 3.77. The molecule has 0 aliphatic heterocycles. The number of nitrogen functional groups attached to an aromatic ring is 1. The van der Waals surface area contributed by atoms with Gasteiger partial charge in [-0.2, -0.15) is 0 Å². The number of hydrogen-bond donors (Lipinski definition) is 2. The monoisotopic (exact) mass is 288 g/mol. The second-order valence-electron chi connectivity index (χ2n) is 4.91. The second kappa shape index (κ2) is 6.97. The van der Waals surface area contributed by atoms with Gasteiger partial charge in [0.1, 0.15) is 0 Å². The Morgan fingerprint density at radius 1 is 1.24 bits per heavy atom. The van der Waals surface area contributed by atoms with E-state index in [1.54, 1.807) is 6.07 Å². The van der Waals surface area contributed by atoms with E-state index in [1.807, 2.05) is 19.1 Å². The highest BCUT2D eigenvalue weighted by atomic mass is 19.1. The third-order valence-corrected chi connectivity index (χ3v) is 3.37. The van der Waals surface area contributed by atoms with E-state index in [4.69, 9.17) is 10.5 Å². The molecule has 0 saturated heterocycles. The van der Waals surface area contributed by atoms with Crippen molar-refractivity contribution < 1.29 is 9.13 Å². The third kappa shape index (κ3) is 3.88. The Labute approximate surface area is 124 Å². The molecule has 4 heteroatoms. The Kier molecular flexibility index (Phi) is 5.04. The third-order valence-electron chi connectivity index (χ3n) is 3.37. The Hall–Kier alpha value is -2.23. The van der Waals surface area contributed by atoms with Gasteiger partial charge in [0.15, 0.2) is 11.6 Å². The standard InChI is InChI=1S/C17H21FN2O/c1-3-21-17-11-16(15(19)10-14(17)18)20-9-8-13-7-5-4-6-12(13)2/h4-7,10-11,20H,3,8-9,19H2,1-2H3. The average Bonchev–Trinajstić information content (AvgIpc) is 2.46. The summed E-state index contributed by atoms with van der Waals surface area (Å²) in [6.45, 7) is 5.06. The number of rotatable bonds is 6. The van der Waals surface area contributed by atoms with Gasteiger partial charge in [-0.1, -0.05) is 24.3 Å². The van der Waals surface area contributed by atoms with Crippen LogP contribution in [-0.2, 0) is 6.42 Å². The van der Waals surface area contributed by atoms with Crippen molar-refractivity contribution in [1.29, 1.82) is 0 Å². The fourth-order valence-corrected chi connectivity index (χ4v) is 2.21. The van der Waals surface area contributed by atoms with Crippen molar-refractivity contribution in [2.45, 2.75) is 20.3 Å². The van der Waals surface area contributed by atoms with Crippen LogP contribution in [0.15, 0.2) is 36.4 Å². The quantitative estimate of drug-likeness (QED) is 0.795. The lowest BCUT2D eigenvalue weighted by molar-refractivity contribution is 0.322. The zero-order chi connectivity index (χ0) is 15.2. The van der Waals surface area contributed by atoms with E-state index < -0.39 is 5.82 Å². The SMILES string of the molecule is CCOc1cc(NCCc2ccccc2C)c(N)cc1F. The molecule has 0 fully saturated rings. The normalized spacial score (nSPS) is 10.4. The zero-order valence-corrected chi connectivity index (χ0v) is 12.4. The molecular formula is C17H21FN2O. The van der Waals surface area contributed by atoms with Crippen molar-refractivity contribution in [3.63, 3.8) is 0 Å². The summed E-state index contributed by atoms with van der Waals surface area (Å²) >= 11 is 0. The van der Waals surface area contributed by atoms with Crippen molar-refractivity contribution in [1.82, 2.24) is 0 Å². The second-order valence-corrected chi connectivity index (χ2v) is 4.91. The summed E-state index contributed by atoms with van der Waals surface area (Å²) < 4.78 is 18.9. The summed E-state index contributed by atoms with van der Waals surface area (Å²) in [7, 11) is 0. The largest absolute Gasteiger partial charge is 0.491 e. The van der Waals surface area contributed by atoms with Gasteiger partial charge in [0.25, 0.3) is 0 Å². The Morgan fingerprint density at radius 2 is 2.00 bits per heavy atom. The van der Waals surface area contributed by atoms with E-state index in [1.165, 1.54) is 17.2 Å². The van der Waals surface area contributed by atoms with Crippen LogP contribution < -0.4 is 15.8 Å². The fourth-order valence-electron chi connectivity index (χ4n) is 2.21. The summed E-state index contributed by atoms with van der Waals surface area (Å²) in [5.74, 6) is -0.205. The first-order chi connectivity index (χ1) is 10.1. The van der Waals surface area contributed by atoms with Crippen LogP contribution in [0.1, 0.15) is 18.1 Å². The van der Waals surface area contributed by atoms with Crippen LogP contribution >= 0.6 is 0 Å². The Bertz CT molecular complexity index is 614. The van der Waals surface area contributed by atoms with Crippen LogP contribution in [0.25, 0.3) is 0 Å². The molecule has 0 aromatic heterocycles. The molecule has 0 atom stereocenters. The summed E-state index contributed by atoms with van der Waals surface area (Å²) in [5, 5.41) is 3.24. The maximum atomic E-state index is 13.6. The van der Waals surface area contributed by atoms with Crippen LogP contribution in [-0.4, -0.2) is 13.2 Å². The lowest BCUT2D eigenvalue weighted by Gasteiger charge is -2.13. The van der Waals surface area contributed by atoms with Gasteiger partial charge in [-0.15, -0.1) is 0 Å². The summed E-state index contributed by atoms with van der Waals surface area (Å²) in [4.78, 5) is 0. The van der Waals surface area contributed by atoms with E-state index >= 15 is 0 Å². The van der Waals surface area contributed by atoms with Gasteiger partial charge in [-0.05, 0) is 31.4 Å². The van der Waals surface area contributed by atoms with Crippen LogP contribution in [0.5, 0.6) is 5.75 Å². The lowest BCUT2D eigenvalue weighted by atomic mass is 10.1. The molecule has 0 spiro atoms. The first-order valence-corrected chi connectivity index (χ1v) is 7.12. The van der Waals surface area contributed by atoms with E-state index in [9.17, 15) is 4.39 Å². The number of aryl methyl sites for hydroxylation is 1. The molecule has 0 bridgehead atoms. The van der Waals surface area contributed by atoms with Gasteiger partial charge in [0.05, 0.1) is 18.0 Å². The maximum Gasteiger partial charge on any atom is 0.167 e. The molecule has 0 heterocycles. The van der Waals surface area contributed by atoms with Gasteiger partial charge in [0, 0.05) is 18.7 Å². The Balaban J connectivity index is 2.03. The Morgan fingerprint density at radius 3 is 2.71 bits per heavy atom. The molecule has 0 aliphatic carbocycles. The molecule has 2 aromatic carbocycles. The molecule has 112 valence electrons. The zero-order valence-electron chi connectivity index (χ0n) is 12.4. The van der Waals surface area contributed by atoms with Gasteiger partial charge < -0.3 is 15.8 Å². The van der Waals surface area contributed by atoms with E-state index in [2.05, 4.69) is 24.4 Å². The van der Waals surface area contributed by atoms with E-state index in [0.29, 0.717) is 18.0 Å². The highest BCUT2D eigenvalue weighted by molar-refractivity contribution is 5.68. The highest BCUT2D eigenvalue weighted by Gasteiger charge is 2.08. The summed E-state index contributed by atoms with van der Waals surface area (Å²) in [5.41, 5.74) is 9.48. The van der Waals surface area contributed by atoms with E-state index in [-0.39, 0.29) is 5.75 Å². The topological polar surface area (TPSA) is 47.3 Å². The van der Waals surface area contributed by atoms with Crippen molar-refractivity contribution in [3.05, 3.63) is 53.3 Å². The molecule has 0 saturated carbocycles. The number of halogens is 1. The van der Waals surface area contributed by atoms with E-state index in [0.717, 1.165) is 13.0 Å². The minimum absolute atomic E-state index is 0.227. The minimum Gasteiger partial charge on any atom is -0.491 e. The molecule has 0 radical (unpaired) electrons. The molecule has 0 unspecified atom stereocenters. The summed E-state index contributed by atoms with van der Waals surface area (Å²) in [6, 6.07) is 11.2. The molecule has 3 nitrogen and oxygen atoms in total. The molecule has 0 aliphatic rings. The summed E-state index contributed by atoms with van der Waals surface area (Å²) in [6.07, 6.45) is 0.882. The smallest absolute Gasteiger partial charge is 0.167 e. The number of hydrogen-bond acceptors (Lipinski definition) is 3. The number of benzene rings is 2. The van der Waals surface area contributed by atoms with Crippen molar-refractivity contribution in [2.75, 3.05) is 24.2 Å². The molecule has 3 N–H and O–H groups in total. The molecule has 21 heavy (non-hydrogen) atoms. The molecule has 2 aromatic rings. The maximum absolute atomic E-state index is 13.6. The van der Waals surface area contributed by atoms with Crippen molar-refractivity contribution >= 4 is 11.4 Å². The van der Waals surface area contributed by atoms with Gasteiger partial charge in [0.2, 0.25) is 0 Å². The van der Waals surface area contributed by atoms with Gasteiger partial charge >= 0.3 is 0 Å². The van der Waals surface area contributed by atoms with Gasteiger partial charge in [-0.25, -0.2) is 4.39 Å². The van der Waals surface area contributed by atoms with Crippen molar-refractivity contribution in [2.24, 2.45) is 0 Å². The number of nitrogens with two attached hydrogens (primary N) is 1. The molecule has 0 amide bonds. The van der Waals surface area contributed by atoms with Crippen molar-refractivity contribution in [3.8, 4) is 5.75 Å². The minimum atomic E-state index is -0.432. The number of anilines is 2. The fraction of sp³-hybridized carbons (Fsp3) is 0.294. The first kappa shape index (κ1) is 15.2. The average molecular weight is 288 g/mol. The molecule has 2 rings (SSSR count). The highest BCUT2D eigenvalue weighted by Crippen LogP contribution is 2.28. The first-order valence-electron chi connectivity index (χ1n) is 7.12. The van der Waals surface area contributed by atoms with Crippen LogP contribution in [0.2, 0.25) is 0 Å².